The van der Waals surface area contributed by atoms with Crippen LogP contribution in [0.2, 0.25) is 0 Å². The summed E-state index contributed by atoms with van der Waals surface area (Å²) in [5, 5.41) is 17.3. The number of rotatable bonds is 3. The number of pyridine rings is 1. The fourth-order valence-corrected chi connectivity index (χ4v) is 2.66. The van der Waals surface area contributed by atoms with Crippen LogP contribution in [0.15, 0.2) is 18.3 Å². The third-order valence-electron chi connectivity index (χ3n) is 3.68. The summed E-state index contributed by atoms with van der Waals surface area (Å²) in [5.74, 6) is 0.492. The molecule has 1 fully saturated rings. The molecule has 2 aromatic heterocycles. The fourth-order valence-electron chi connectivity index (χ4n) is 2.66. The summed E-state index contributed by atoms with van der Waals surface area (Å²) >= 11 is 0. The van der Waals surface area contributed by atoms with E-state index in [-0.39, 0.29) is 5.56 Å². The van der Waals surface area contributed by atoms with E-state index in [2.05, 4.69) is 22.1 Å². The number of likely N-dealkylation sites (tertiary alicyclic amines) is 1. The number of carboxylic acids is 1. The van der Waals surface area contributed by atoms with Crippen LogP contribution in [0.1, 0.15) is 22.6 Å². The van der Waals surface area contributed by atoms with Crippen LogP contribution in [0.3, 0.4) is 0 Å². The molecule has 1 aliphatic heterocycles. The van der Waals surface area contributed by atoms with Crippen LogP contribution < -0.4 is 0 Å². The number of fused-ring (bicyclic) bond motifs is 1. The Bertz CT molecular complexity index is 622. The van der Waals surface area contributed by atoms with Gasteiger partial charge in [-0.3, -0.25) is 4.40 Å². The second-order valence-electron chi connectivity index (χ2n) is 5.19. The van der Waals surface area contributed by atoms with Crippen molar-refractivity contribution in [2.24, 2.45) is 5.92 Å². The minimum absolute atomic E-state index is 0.261. The molecule has 0 saturated carbocycles. The van der Waals surface area contributed by atoms with Gasteiger partial charge in [0.1, 0.15) is 5.82 Å². The van der Waals surface area contributed by atoms with Crippen LogP contribution in [0, 0.1) is 5.92 Å². The standard InChI is InChI=1S/C13H16N4O2/c1-16-5-4-9(7-16)6-12-15-14-11-3-2-10(13(18)19)8-17(11)12/h2-3,8-9H,4-7H2,1H3,(H,18,19). The van der Waals surface area contributed by atoms with E-state index in [4.69, 9.17) is 5.11 Å². The molecule has 1 saturated heterocycles. The van der Waals surface area contributed by atoms with Crippen LogP contribution >= 0.6 is 0 Å². The number of hydrogen-bond acceptors (Lipinski definition) is 4. The van der Waals surface area contributed by atoms with Crippen LogP contribution in [0.25, 0.3) is 5.65 Å². The summed E-state index contributed by atoms with van der Waals surface area (Å²) in [7, 11) is 2.12. The van der Waals surface area contributed by atoms with Gasteiger partial charge in [-0.2, -0.15) is 0 Å². The molecule has 3 heterocycles. The summed E-state index contributed by atoms with van der Waals surface area (Å²) in [4.78, 5) is 13.3. The molecule has 0 radical (unpaired) electrons. The first-order valence-corrected chi connectivity index (χ1v) is 6.39. The number of nitrogens with zero attached hydrogens (tertiary/aromatic N) is 4. The van der Waals surface area contributed by atoms with Gasteiger partial charge >= 0.3 is 5.97 Å². The monoisotopic (exact) mass is 260 g/mol. The van der Waals surface area contributed by atoms with Gasteiger partial charge in [0, 0.05) is 19.2 Å². The van der Waals surface area contributed by atoms with Crippen molar-refractivity contribution in [2.75, 3.05) is 20.1 Å². The normalized spacial score (nSPS) is 20.2. The Labute approximate surface area is 110 Å². The Morgan fingerprint density at radius 3 is 3.00 bits per heavy atom. The molecule has 1 N–H and O–H groups in total. The molecule has 6 nitrogen and oxygen atoms in total. The van der Waals surface area contributed by atoms with Crippen molar-refractivity contribution in [1.29, 1.82) is 0 Å². The van der Waals surface area contributed by atoms with Gasteiger partial charge in [0.15, 0.2) is 5.65 Å². The highest BCUT2D eigenvalue weighted by molar-refractivity contribution is 5.87. The molecule has 100 valence electrons. The lowest BCUT2D eigenvalue weighted by atomic mass is 10.0. The molecule has 0 amide bonds. The second-order valence-corrected chi connectivity index (χ2v) is 5.19. The molecule has 3 rings (SSSR count). The van der Waals surface area contributed by atoms with Crippen LogP contribution in [-0.2, 0) is 6.42 Å². The van der Waals surface area contributed by atoms with Crippen molar-refractivity contribution in [2.45, 2.75) is 12.8 Å². The Hall–Kier alpha value is -1.95. The van der Waals surface area contributed by atoms with Gasteiger partial charge in [-0.1, -0.05) is 0 Å². The molecule has 0 bridgehead atoms. The van der Waals surface area contributed by atoms with E-state index in [9.17, 15) is 4.79 Å². The molecule has 1 atom stereocenters. The number of carbonyl (C=O) groups is 1. The van der Waals surface area contributed by atoms with Gasteiger partial charge < -0.3 is 10.0 Å². The van der Waals surface area contributed by atoms with Gasteiger partial charge in [0.25, 0.3) is 0 Å². The van der Waals surface area contributed by atoms with Crippen LogP contribution in [0.5, 0.6) is 0 Å². The van der Waals surface area contributed by atoms with E-state index in [1.54, 1.807) is 22.7 Å². The van der Waals surface area contributed by atoms with Gasteiger partial charge in [-0.05, 0) is 38.1 Å². The topological polar surface area (TPSA) is 70.7 Å². The molecular formula is C13H16N4O2. The molecule has 19 heavy (non-hydrogen) atoms. The molecule has 6 heteroatoms. The highest BCUT2D eigenvalue weighted by Crippen LogP contribution is 2.19. The van der Waals surface area contributed by atoms with E-state index in [1.165, 1.54) is 0 Å². The summed E-state index contributed by atoms with van der Waals surface area (Å²) < 4.78 is 1.79. The van der Waals surface area contributed by atoms with Crippen LogP contribution in [0.4, 0.5) is 0 Å². The van der Waals surface area contributed by atoms with Crippen molar-refractivity contribution in [3.8, 4) is 0 Å². The molecule has 2 aromatic rings. The Kier molecular flexibility index (Phi) is 2.94. The minimum atomic E-state index is -0.929. The lowest BCUT2D eigenvalue weighted by Gasteiger charge is -2.09. The molecule has 0 spiro atoms. The van der Waals surface area contributed by atoms with Crippen molar-refractivity contribution < 1.29 is 9.90 Å². The van der Waals surface area contributed by atoms with Gasteiger partial charge in [0.05, 0.1) is 5.56 Å². The quantitative estimate of drug-likeness (QED) is 0.888. The van der Waals surface area contributed by atoms with Gasteiger partial charge in [-0.15, -0.1) is 10.2 Å². The summed E-state index contributed by atoms with van der Waals surface area (Å²) in [5.41, 5.74) is 0.962. The summed E-state index contributed by atoms with van der Waals surface area (Å²) in [6, 6.07) is 3.25. The highest BCUT2D eigenvalue weighted by Gasteiger charge is 2.22. The Morgan fingerprint density at radius 1 is 1.47 bits per heavy atom. The first-order chi connectivity index (χ1) is 9.13. The number of hydrogen-bond donors (Lipinski definition) is 1. The molecule has 0 aromatic carbocycles. The van der Waals surface area contributed by atoms with E-state index in [0.29, 0.717) is 11.6 Å². The number of carboxylic acid groups (broad SMARTS) is 1. The maximum Gasteiger partial charge on any atom is 0.337 e. The smallest absolute Gasteiger partial charge is 0.337 e. The summed E-state index contributed by atoms with van der Waals surface area (Å²) in [6.07, 6.45) is 3.60. The number of aromatic nitrogens is 3. The fraction of sp³-hybridized carbons (Fsp3) is 0.462. The van der Waals surface area contributed by atoms with E-state index < -0.39 is 5.97 Å². The highest BCUT2D eigenvalue weighted by atomic mass is 16.4. The zero-order valence-electron chi connectivity index (χ0n) is 10.8. The average Bonchev–Trinajstić information content (AvgIpc) is 2.96. The molecular weight excluding hydrogens is 244 g/mol. The molecule has 1 aliphatic rings. The zero-order valence-corrected chi connectivity index (χ0v) is 10.8. The maximum atomic E-state index is 11.0. The maximum absolute atomic E-state index is 11.0. The van der Waals surface area contributed by atoms with Gasteiger partial charge in [0.2, 0.25) is 0 Å². The van der Waals surface area contributed by atoms with Crippen molar-refractivity contribution in [1.82, 2.24) is 19.5 Å². The van der Waals surface area contributed by atoms with E-state index in [0.717, 1.165) is 31.8 Å². The number of aromatic carboxylic acids is 1. The average molecular weight is 260 g/mol. The predicted molar refractivity (Wildman–Crippen MR) is 69.3 cm³/mol. The second kappa shape index (κ2) is 4.62. The largest absolute Gasteiger partial charge is 0.478 e. The van der Waals surface area contributed by atoms with Gasteiger partial charge in [-0.25, -0.2) is 4.79 Å². The van der Waals surface area contributed by atoms with Crippen LogP contribution in [-0.4, -0.2) is 50.7 Å². The third kappa shape index (κ3) is 2.31. The van der Waals surface area contributed by atoms with E-state index >= 15 is 0 Å². The SMILES string of the molecule is CN1CCC(Cc2nnc3ccc(C(=O)O)cn23)C1. The lowest BCUT2D eigenvalue weighted by molar-refractivity contribution is 0.0696. The van der Waals surface area contributed by atoms with E-state index in [1.807, 2.05) is 0 Å². The lowest BCUT2D eigenvalue weighted by Crippen LogP contribution is -2.15. The Balaban J connectivity index is 1.90. The van der Waals surface area contributed by atoms with Crippen molar-refractivity contribution >= 4 is 11.6 Å². The first kappa shape index (κ1) is 12.1. The molecule has 0 aliphatic carbocycles. The van der Waals surface area contributed by atoms with Crippen molar-refractivity contribution in [3.63, 3.8) is 0 Å². The first-order valence-electron chi connectivity index (χ1n) is 6.39. The minimum Gasteiger partial charge on any atom is -0.478 e. The molecule has 1 unspecified atom stereocenters. The summed E-state index contributed by atoms with van der Waals surface area (Å²) in [6.45, 7) is 2.18. The predicted octanol–water partition coefficient (Wildman–Crippen LogP) is 0.922. The van der Waals surface area contributed by atoms with Crippen molar-refractivity contribution in [3.05, 3.63) is 29.7 Å². The zero-order chi connectivity index (χ0) is 13.4. The Morgan fingerprint density at radius 2 is 2.32 bits per heavy atom. The third-order valence-corrected chi connectivity index (χ3v) is 3.68.